The monoisotopic (exact) mass is 690 g/mol. The second-order valence-electron chi connectivity index (χ2n) is 12.1. The first kappa shape index (κ1) is 35.3. The number of anilines is 2. The molecule has 260 valence electrons. The predicted molar refractivity (Wildman–Crippen MR) is 188 cm³/mol. The molecule has 4 aromatic rings. The van der Waals surface area contributed by atoms with Crippen molar-refractivity contribution in [2.45, 2.75) is 62.3 Å². The van der Waals surface area contributed by atoms with Crippen LogP contribution in [0.4, 0.5) is 16.2 Å². The van der Waals surface area contributed by atoms with E-state index >= 15 is 0 Å². The van der Waals surface area contributed by atoms with E-state index in [2.05, 4.69) is 15.6 Å². The second-order valence-corrected chi connectivity index (χ2v) is 14.6. The highest BCUT2D eigenvalue weighted by Gasteiger charge is 2.38. The molecule has 13 heteroatoms. The van der Waals surface area contributed by atoms with E-state index in [0.717, 1.165) is 17.4 Å². The third-order valence-corrected chi connectivity index (χ3v) is 11.2. The van der Waals surface area contributed by atoms with Crippen LogP contribution in [0, 0.1) is 0 Å². The fraction of sp³-hybridized carbons (Fsp3) is 0.361. The van der Waals surface area contributed by atoms with Gasteiger partial charge in [0.05, 0.1) is 37.5 Å². The van der Waals surface area contributed by atoms with Gasteiger partial charge in [-0.15, -0.1) is 0 Å². The zero-order valence-corrected chi connectivity index (χ0v) is 29.3. The molecule has 1 aromatic heterocycles. The summed E-state index contributed by atoms with van der Waals surface area (Å²) >= 11 is 0. The van der Waals surface area contributed by atoms with E-state index in [9.17, 15) is 22.8 Å². The Morgan fingerprint density at radius 2 is 1.69 bits per heavy atom. The van der Waals surface area contributed by atoms with Gasteiger partial charge in [0, 0.05) is 29.5 Å². The van der Waals surface area contributed by atoms with Crippen molar-refractivity contribution in [1.82, 2.24) is 9.88 Å². The minimum Gasteiger partial charge on any atom is -0.493 e. The van der Waals surface area contributed by atoms with E-state index in [1.54, 1.807) is 55.3 Å². The molecule has 2 amide bonds. The lowest BCUT2D eigenvalue weighted by Gasteiger charge is -2.32. The number of sulfone groups is 1. The second kappa shape index (κ2) is 14.6. The molecule has 1 aliphatic rings. The van der Waals surface area contributed by atoms with E-state index < -0.39 is 33.3 Å². The molecule has 0 saturated carbocycles. The summed E-state index contributed by atoms with van der Waals surface area (Å²) in [6.45, 7) is 5.58. The van der Waals surface area contributed by atoms with Gasteiger partial charge < -0.3 is 29.4 Å². The van der Waals surface area contributed by atoms with Gasteiger partial charge in [0.2, 0.25) is 5.91 Å². The van der Waals surface area contributed by atoms with E-state index in [4.69, 9.17) is 14.2 Å². The van der Waals surface area contributed by atoms with Crippen LogP contribution in [0.5, 0.6) is 11.5 Å². The third kappa shape index (κ3) is 7.07. The van der Waals surface area contributed by atoms with E-state index in [-0.39, 0.29) is 16.4 Å². The number of amides is 2. The maximum Gasteiger partial charge on any atom is 0.411 e. The minimum absolute atomic E-state index is 0.0960. The average Bonchev–Trinajstić information content (AvgIpc) is 3.60. The number of pyridine rings is 1. The number of hydrogen-bond acceptors (Lipinski definition) is 9. The summed E-state index contributed by atoms with van der Waals surface area (Å²) in [6, 6.07) is 13.6. The van der Waals surface area contributed by atoms with E-state index in [0.29, 0.717) is 58.8 Å². The Balaban J connectivity index is 1.62. The van der Waals surface area contributed by atoms with Gasteiger partial charge >= 0.3 is 6.09 Å². The highest BCUT2D eigenvalue weighted by atomic mass is 32.2. The molecule has 0 radical (unpaired) electrons. The largest absolute Gasteiger partial charge is 0.493 e. The van der Waals surface area contributed by atoms with Crippen LogP contribution in [0.2, 0.25) is 0 Å². The number of methoxy groups -OCH3 is 3. The van der Waals surface area contributed by atoms with Crippen LogP contribution in [-0.2, 0) is 25.8 Å². The number of rotatable bonds is 11. The molecule has 5 rings (SSSR count). The van der Waals surface area contributed by atoms with E-state index in [1.165, 1.54) is 33.5 Å². The number of nitrogens with zero attached hydrogens (tertiary/aromatic N) is 1. The lowest BCUT2D eigenvalue weighted by Crippen LogP contribution is -2.38. The van der Waals surface area contributed by atoms with Gasteiger partial charge in [0.1, 0.15) is 6.04 Å². The number of carbonyl (C=O) groups excluding carboxylic acids is 2. The highest BCUT2D eigenvalue weighted by molar-refractivity contribution is 7.92. The summed E-state index contributed by atoms with van der Waals surface area (Å²) in [4.78, 5) is 44.3. The molecule has 3 N–H and O–H groups in total. The van der Waals surface area contributed by atoms with Crippen LogP contribution in [0.15, 0.2) is 70.5 Å². The van der Waals surface area contributed by atoms with Gasteiger partial charge in [-0.05, 0) is 97.7 Å². The van der Waals surface area contributed by atoms with Crippen molar-refractivity contribution >= 4 is 44.0 Å². The van der Waals surface area contributed by atoms with Crippen LogP contribution in [0.1, 0.15) is 62.4 Å². The van der Waals surface area contributed by atoms with Crippen LogP contribution in [0.3, 0.4) is 0 Å². The first-order valence-corrected chi connectivity index (χ1v) is 17.6. The van der Waals surface area contributed by atoms with Crippen LogP contribution >= 0.6 is 0 Å². The standard InChI is InChI=1S/C36H42N4O8S/c1-7-22-20-37-34(41)27-18-24(11-13-26(22)27)38-33(23-10-14-30(46-4)31(17-23)47-5)35(42)40-16-8-9-29(40)28-19-25(39-36(43)48-6)12-15-32(28)49(44,45)21(2)3/h10-15,17-21,29,33,38H,7-9,16H2,1-6H3,(H,37,41)(H,39,43)/t29-,33-/m1/s1. The lowest BCUT2D eigenvalue weighted by molar-refractivity contribution is -0.133. The molecule has 2 atom stereocenters. The molecule has 3 aromatic carbocycles. The zero-order chi connectivity index (χ0) is 35.5. The summed E-state index contributed by atoms with van der Waals surface area (Å²) < 4.78 is 43.0. The molecular formula is C36H42N4O8S. The number of aryl methyl sites for hydroxylation is 1. The quantitative estimate of drug-likeness (QED) is 0.172. The third-order valence-electron chi connectivity index (χ3n) is 8.93. The molecule has 49 heavy (non-hydrogen) atoms. The Labute approximate surface area is 285 Å². The van der Waals surface area contributed by atoms with Gasteiger partial charge in [0.25, 0.3) is 5.56 Å². The summed E-state index contributed by atoms with van der Waals surface area (Å²) in [6.07, 6.45) is 2.86. The number of aromatic amines is 1. The van der Waals surface area contributed by atoms with Crippen molar-refractivity contribution < 1.29 is 32.2 Å². The molecule has 0 unspecified atom stereocenters. The molecule has 0 spiro atoms. The molecule has 1 saturated heterocycles. The first-order valence-electron chi connectivity index (χ1n) is 16.1. The van der Waals surface area contributed by atoms with Gasteiger partial charge in [-0.25, -0.2) is 13.2 Å². The summed E-state index contributed by atoms with van der Waals surface area (Å²) in [7, 11) is 0.497. The SMILES string of the molecule is CCc1c[nH]c(=O)c2cc(N[C@@H](C(=O)N3CCC[C@@H]3c3cc(NC(=O)OC)ccc3S(=O)(=O)C(C)C)c3ccc(OC)c(OC)c3)ccc12. The Hall–Kier alpha value is -5.04. The topological polar surface area (TPSA) is 156 Å². The van der Waals surface area contributed by atoms with Crippen molar-refractivity contribution in [2.24, 2.45) is 0 Å². The number of hydrogen-bond donors (Lipinski definition) is 3. The molecule has 2 heterocycles. The minimum atomic E-state index is -3.77. The molecule has 1 aliphatic heterocycles. The van der Waals surface area contributed by atoms with Crippen molar-refractivity contribution in [1.29, 1.82) is 0 Å². The Morgan fingerprint density at radius 3 is 2.37 bits per heavy atom. The number of ether oxygens (including phenoxy) is 3. The van der Waals surface area contributed by atoms with Gasteiger partial charge in [-0.1, -0.05) is 19.1 Å². The van der Waals surface area contributed by atoms with Gasteiger partial charge in [-0.3, -0.25) is 14.9 Å². The summed E-state index contributed by atoms with van der Waals surface area (Å²) in [5.74, 6) is 0.594. The fourth-order valence-electron chi connectivity index (χ4n) is 6.28. The average molecular weight is 691 g/mol. The maximum absolute atomic E-state index is 14.8. The van der Waals surface area contributed by atoms with Crippen LogP contribution < -0.4 is 25.7 Å². The summed E-state index contributed by atoms with van der Waals surface area (Å²) in [5.41, 5.74) is 2.60. The number of aromatic nitrogens is 1. The number of fused-ring (bicyclic) bond motifs is 1. The van der Waals surface area contributed by atoms with Crippen LogP contribution in [0.25, 0.3) is 10.8 Å². The van der Waals surface area contributed by atoms with Crippen molar-refractivity contribution in [3.63, 3.8) is 0 Å². The number of nitrogens with one attached hydrogen (secondary N) is 3. The highest BCUT2D eigenvalue weighted by Crippen LogP contribution is 2.41. The van der Waals surface area contributed by atoms with E-state index in [1.807, 2.05) is 19.1 Å². The number of benzene rings is 3. The maximum atomic E-state index is 14.8. The Kier molecular flexibility index (Phi) is 10.5. The van der Waals surface area contributed by atoms with Crippen molar-refractivity contribution in [3.8, 4) is 11.5 Å². The molecular weight excluding hydrogens is 648 g/mol. The Morgan fingerprint density at radius 1 is 0.959 bits per heavy atom. The Bertz CT molecular complexity index is 2040. The normalized spacial score (nSPS) is 15.2. The predicted octanol–water partition coefficient (Wildman–Crippen LogP) is 5.99. The molecule has 1 fully saturated rings. The fourth-order valence-corrected chi connectivity index (χ4v) is 7.57. The molecule has 0 bridgehead atoms. The van der Waals surface area contributed by atoms with Gasteiger partial charge in [-0.2, -0.15) is 0 Å². The number of likely N-dealkylation sites (tertiary alicyclic amines) is 1. The molecule has 0 aliphatic carbocycles. The van der Waals surface area contributed by atoms with Gasteiger partial charge in [0.15, 0.2) is 21.3 Å². The number of H-pyrrole nitrogens is 1. The first-order chi connectivity index (χ1) is 23.4. The van der Waals surface area contributed by atoms with Crippen molar-refractivity contribution in [2.75, 3.05) is 38.5 Å². The van der Waals surface area contributed by atoms with Crippen molar-refractivity contribution in [3.05, 3.63) is 87.8 Å². The smallest absolute Gasteiger partial charge is 0.411 e. The number of carbonyl (C=O) groups is 2. The lowest BCUT2D eigenvalue weighted by atomic mass is 10.00. The zero-order valence-electron chi connectivity index (χ0n) is 28.5. The van der Waals surface area contributed by atoms with Crippen LogP contribution in [-0.4, -0.2) is 63.4 Å². The summed E-state index contributed by atoms with van der Waals surface area (Å²) in [5, 5.41) is 6.57. The molecule has 12 nitrogen and oxygen atoms in total.